The van der Waals surface area contributed by atoms with Crippen LogP contribution >= 0.6 is 15.9 Å². The van der Waals surface area contributed by atoms with E-state index in [0.29, 0.717) is 19.1 Å². The van der Waals surface area contributed by atoms with Crippen molar-refractivity contribution in [2.75, 3.05) is 26.8 Å². The molecule has 0 aliphatic carbocycles. The van der Waals surface area contributed by atoms with Gasteiger partial charge >= 0.3 is 0 Å². The average molecular weight is 318 g/mol. The van der Waals surface area contributed by atoms with Crippen molar-refractivity contribution < 1.29 is 9.84 Å². The van der Waals surface area contributed by atoms with E-state index >= 15 is 0 Å². The molecule has 1 saturated heterocycles. The number of halogens is 1. The first-order valence-corrected chi connectivity index (χ1v) is 7.12. The monoisotopic (exact) mass is 317 g/mol. The molecule has 0 saturated carbocycles. The van der Waals surface area contributed by atoms with Crippen molar-refractivity contribution >= 4 is 15.9 Å². The number of nitrogens with zero attached hydrogens (tertiary/aromatic N) is 2. The highest BCUT2D eigenvalue weighted by molar-refractivity contribution is 9.10. The minimum absolute atomic E-state index is 0.306. The lowest BCUT2D eigenvalue weighted by molar-refractivity contribution is 0.0777. The lowest BCUT2D eigenvalue weighted by Gasteiger charge is -2.28. The smallest absolute Gasteiger partial charge is 0.0997 e. The van der Waals surface area contributed by atoms with Crippen LogP contribution in [0.5, 0.6) is 0 Å². The molecular formula is C12H20BrN3O2. The van der Waals surface area contributed by atoms with Gasteiger partial charge in [-0.3, -0.25) is 4.68 Å². The molecule has 1 aromatic heterocycles. The predicted molar refractivity (Wildman–Crippen MR) is 72.4 cm³/mol. The lowest BCUT2D eigenvalue weighted by atomic mass is 9.90. The first-order chi connectivity index (χ1) is 8.74. The van der Waals surface area contributed by atoms with Gasteiger partial charge in [-0.25, -0.2) is 0 Å². The maximum absolute atomic E-state index is 10.5. The highest BCUT2D eigenvalue weighted by Crippen LogP contribution is 2.32. The van der Waals surface area contributed by atoms with E-state index in [1.165, 1.54) is 0 Å². The zero-order valence-electron chi connectivity index (χ0n) is 10.6. The molecule has 1 atom stereocenters. The maximum Gasteiger partial charge on any atom is 0.0997 e. The van der Waals surface area contributed by atoms with Gasteiger partial charge in [0.1, 0.15) is 0 Å². The topological polar surface area (TPSA) is 59.3 Å². The normalized spacial score (nSPS) is 19.1. The molecule has 2 N–H and O–H groups in total. The fourth-order valence-corrected chi connectivity index (χ4v) is 2.94. The first-order valence-electron chi connectivity index (χ1n) is 6.33. The number of aliphatic hydroxyl groups is 1. The van der Waals surface area contributed by atoms with Gasteiger partial charge in [0.2, 0.25) is 0 Å². The van der Waals surface area contributed by atoms with Gasteiger partial charge in [0.15, 0.2) is 0 Å². The second-order valence-corrected chi connectivity index (χ2v) is 5.48. The third-order valence-electron chi connectivity index (χ3n) is 3.45. The molecule has 0 spiro atoms. The van der Waals surface area contributed by atoms with Gasteiger partial charge < -0.3 is 15.2 Å². The molecule has 6 heteroatoms. The van der Waals surface area contributed by atoms with E-state index in [9.17, 15) is 5.11 Å². The van der Waals surface area contributed by atoms with Crippen LogP contribution in [0.15, 0.2) is 10.7 Å². The van der Waals surface area contributed by atoms with E-state index in [2.05, 4.69) is 26.3 Å². The van der Waals surface area contributed by atoms with Gasteiger partial charge in [-0.15, -0.1) is 0 Å². The van der Waals surface area contributed by atoms with Gasteiger partial charge in [-0.05, 0) is 47.8 Å². The van der Waals surface area contributed by atoms with E-state index in [-0.39, 0.29) is 0 Å². The van der Waals surface area contributed by atoms with Crippen molar-refractivity contribution in [2.45, 2.75) is 25.5 Å². The molecule has 1 unspecified atom stereocenters. The Bertz CT molecular complexity index is 377. The molecule has 2 heterocycles. The van der Waals surface area contributed by atoms with Gasteiger partial charge in [-0.2, -0.15) is 5.10 Å². The Morgan fingerprint density at radius 3 is 3.00 bits per heavy atom. The summed E-state index contributed by atoms with van der Waals surface area (Å²) in [7, 11) is 1.67. The number of rotatable bonds is 5. The second kappa shape index (κ2) is 6.65. The average Bonchev–Trinajstić information content (AvgIpc) is 2.77. The Hall–Kier alpha value is -0.430. The minimum Gasteiger partial charge on any atom is -0.386 e. The zero-order chi connectivity index (χ0) is 13.0. The number of ether oxygens (including phenoxy) is 1. The van der Waals surface area contributed by atoms with Crippen LogP contribution in [0.2, 0.25) is 0 Å². The summed E-state index contributed by atoms with van der Waals surface area (Å²) >= 11 is 3.48. The number of nitrogens with one attached hydrogen (secondary N) is 1. The Kier molecular flexibility index (Phi) is 5.17. The molecule has 1 fully saturated rings. The molecule has 0 radical (unpaired) electrons. The summed E-state index contributed by atoms with van der Waals surface area (Å²) in [5, 5.41) is 18.1. The van der Waals surface area contributed by atoms with E-state index < -0.39 is 6.10 Å². The molecule has 1 aliphatic heterocycles. The maximum atomic E-state index is 10.5. The van der Waals surface area contributed by atoms with Crippen molar-refractivity contribution in [3.8, 4) is 0 Å². The Morgan fingerprint density at radius 1 is 1.61 bits per heavy atom. The quantitative estimate of drug-likeness (QED) is 0.860. The third kappa shape index (κ3) is 3.12. The highest BCUT2D eigenvalue weighted by Gasteiger charge is 2.27. The van der Waals surface area contributed by atoms with Gasteiger partial charge in [0.05, 0.1) is 35.6 Å². The number of hydrogen-bond donors (Lipinski definition) is 2. The van der Waals surface area contributed by atoms with Crippen molar-refractivity contribution in [2.24, 2.45) is 5.92 Å². The molecule has 102 valence electrons. The summed E-state index contributed by atoms with van der Waals surface area (Å²) in [5.74, 6) is 0.306. The summed E-state index contributed by atoms with van der Waals surface area (Å²) in [4.78, 5) is 0. The van der Waals surface area contributed by atoms with E-state index in [1.807, 2.05) is 4.68 Å². The number of aliphatic hydroxyl groups excluding tert-OH is 1. The standard InChI is InChI=1S/C12H20BrN3O2/c1-18-7-6-16-11(10(13)8-15-16)12(17)9-2-4-14-5-3-9/h8-9,12,14,17H,2-7H2,1H3. The molecule has 0 bridgehead atoms. The van der Waals surface area contributed by atoms with Crippen molar-refractivity contribution in [1.82, 2.24) is 15.1 Å². The molecule has 1 aliphatic rings. The van der Waals surface area contributed by atoms with Crippen LogP contribution in [0.3, 0.4) is 0 Å². The summed E-state index contributed by atoms with van der Waals surface area (Å²) in [6, 6.07) is 0. The Labute approximate surface area is 116 Å². The van der Waals surface area contributed by atoms with Gasteiger partial charge in [0, 0.05) is 7.11 Å². The van der Waals surface area contributed by atoms with Crippen LogP contribution in [-0.4, -0.2) is 41.7 Å². The molecule has 0 amide bonds. The van der Waals surface area contributed by atoms with E-state index in [1.54, 1.807) is 13.3 Å². The van der Waals surface area contributed by atoms with Crippen LogP contribution in [0.1, 0.15) is 24.6 Å². The molecule has 2 rings (SSSR count). The van der Waals surface area contributed by atoms with Crippen molar-refractivity contribution in [3.05, 3.63) is 16.4 Å². The van der Waals surface area contributed by atoms with Crippen LogP contribution < -0.4 is 5.32 Å². The number of piperidine rings is 1. The lowest BCUT2D eigenvalue weighted by Crippen LogP contribution is -2.31. The summed E-state index contributed by atoms with van der Waals surface area (Å²) in [6.07, 6.45) is 3.29. The van der Waals surface area contributed by atoms with Gasteiger partial charge in [0.25, 0.3) is 0 Å². The molecule has 5 nitrogen and oxygen atoms in total. The number of hydrogen-bond acceptors (Lipinski definition) is 4. The molecular weight excluding hydrogens is 298 g/mol. The van der Waals surface area contributed by atoms with Crippen LogP contribution in [-0.2, 0) is 11.3 Å². The highest BCUT2D eigenvalue weighted by atomic mass is 79.9. The fraction of sp³-hybridized carbons (Fsp3) is 0.750. The Balaban J connectivity index is 2.12. The molecule has 18 heavy (non-hydrogen) atoms. The minimum atomic E-state index is -0.458. The van der Waals surface area contributed by atoms with Gasteiger partial charge in [-0.1, -0.05) is 0 Å². The van der Waals surface area contributed by atoms with Crippen LogP contribution in [0, 0.1) is 5.92 Å². The van der Waals surface area contributed by atoms with E-state index in [0.717, 1.165) is 36.1 Å². The number of aromatic nitrogens is 2. The molecule has 1 aromatic rings. The van der Waals surface area contributed by atoms with Crippen LogP contribution in [0.25, 0.3) is 0 Å². The van der Waals surface area contributed by atoms with Crippen molar-refractivity contribution in [3.63, 3.8) is 0 Å². The summed E-state index contributed by atoms with van der Waals surface area (Å²) in [5.41, 5.74) is 0.874. The zero-order valence-corrected chi connectivity index (χ0v) is 12.2. The number of methoxy groups -OCH3 is 1. The van der Waals surface area contributed by atoms with E-state index in [4.69, 9.17) is 4.74 Å². The second-order valence-electron chi connectivity index (χ2n) is 4.63. The summed E-state index contributed by atoms with van der Waals surface area (Å²) < 4.78 is 7.78. The van der Waals surface area contributed by atoms with Crippen LogP contribution in [0.4, 0.5) is 0 Å². The predicted octanol–water partition coefficient (Wildman–Crippen LogP) is 1.32. The first kappa shape index (κ1) is 14.0. The largest absolute Gasteiger partial charge is 0.386 e. The fourth-order valence-electron chi connectivity index (χ4n) is 2.41. The molecule has 0 aromatic carbocycles. The third-order valence-corrected chi connectivity index (χ3v) is 4.06. The summed E-state index contributed by atoms with van der Waals surface area (Å²) in [6.45, 7) is 3.22. The Morgan fingerprint density at radius 2 is 2.33 bits per heavy atom. The SMILES string of the molecule is COCCn1ncc(Br)c1C(O)C1CCNCC1. The van der Waals surface area contributed by atoms with Crippen molar-refractivity contribution in [1.29, 1.82) is 0 Å².